The van der Waals surface area contributed by atoms with Gasteiger partial charge in [-0.05, 0) is 11.4 Å². The van der Waals surface area contributed by atoms with Crippen molar-refractivity contribution in [3.8, 4) is 0 Å². The molecule has 0 spiro atoms. The first kappa shape index (κ1) is 8.49. The quantitative estimate of drug-likeness (QED) is 0.786. The maximum atomic E-state index is 12.7. The number of hydrogen-bond acceptors (Lipinski definition) is 2. The lowest BCUT2D eigenvalue weighted by Gasteiger charge is -1.98. The van der Waals surface area contributed by atoms with Crippen LogP contribution >= 0.6 is 22.9 Å². The summed E-state index contributed by atoms with van der Waals surface area (Å²) in [5.41, 5.74) is 0. The van der Waals surface area contributed by atoms with Gasteiger partial charge in [-0.3, -0.25) is 0 Å². The van der Waals surface area contributed by atoms with E-state index < -0.39 is 12.1 Å². The van der Waals surface area contributed by atoms with Gasteiger partial charge in [-0.25, -0.2) is 9.18 Å². The van der Waals surface area contributed by atoms with Crippen LogP contribution in [-0.2, 0) is 4.79 Å². The van der Waals surface area contributed by atoms with Crippen LogP contribution in [0.2, 0.25) is 5.02 Å². The van der Waals surface area contributed by atoms with Crippen LogP contribution in [0.1, 0.15) is 11.0 Å². The van der Waals surface area contributed by atoms with Gasteiger partial charge in [0.1, 0.15) is 0 Å². The van der Waals surface area contributed by atoms with Crippen LogP contribution in [0.4, 0.5) is 4.39 Å². The minimum absolute atomic E-state index is 0.0548. The highest BCUT2D eigenvalue weighted by atomic mass is 35.5. The number of hydrogen-bond donors (Lipinski definition) is 1. The molecule has 1 rings (SSSR count). The van der Waals surface area contributed by atoms with E-state index in [1.54, 1.807) is 5.38 Å². The molecule has 0 aliphatic heterocycles. The van der Waals surface area contributed by atoms with Gasteiger partial charge in [-0.15, -0.1) is 11.3 Å². The number of aliphatic carboxylic acids is 1. The second-order valence-corrected chi connectivity index (χ2v) is 3.19. The second kappa shape index (κ2) is 3.19. The average molecular weight is 195 g/mol. The second-order valence-electron chi connectivity index (χ2n) is 1.83. The number of thiophene rings is 1. The van der Waals surface area contributed by atoms with E-state index in [1.165, 1.54) is 6.07 Å². The van der Waals surface area contributed by atoms with E-state index in [4.69, 9.17) is 16.7 Å². The molecule has 0 aliphatic carbocycles. The third-order valence-corrected chi connectivity index (χ3v) is 2.49. The summed E-state index contributed by atoms with van der Waals surface area (Å²) in [5.74, 6) is -1.51. The summed E-state index contributed by atoms with van der Waals surface area (Å²) in [4.78, 5) is 10.2. The van der Waals surface area contributed by atoms with E-state index in [0.29, 0.717) is 0 Å². The van der Waals surface area contributed by atoms with Crippen LogP contribution in [0, 0.1) is 0 Å². The van der Waals surface area contributed by atoms with E-state index in [9.17, 15) is 9.18 Å². The van der Waals surface area contributed by atoms with Gasteiger partial charge in [-0.1, -0.05) is 11.6 Å². The summed E-state index contributed by atoms with van der Waals surface area (Å²) in [5, 5.41) is 9.97. The summed E-state index contributed by atoms with van der Waals surface area (Å²) in [6, 6.07) is 1.47. The number of carboxylic acid groups (broad SMARTS) is 1. The highest BCUT2D eigenvalue weighted by Crippen LogP contribution is 2.30. The molecule has 60 valence electrons. The van der Waals surface area contributed by atoms with Gasteiger partial charge in [0.15, 0.2) is 0 Å². The maximum absolute atomic E-state index is 12.7. The standard InChI is InChI=1S/C6H4ClFO2S/c7-3-1-2-11-5(3)4(8)6(9)10/h1-2,4H,(H,9,10). The van der Waals surface area contributed by atoms with Crippen LogP contribution in [0.25, 0.3) is 0 Å². The molecule has 0 saturated carbocycles. The van der Waals surface area contributed by atoms with Crippen LogP contribution in [0.5, 0.6) is 0 Å². The monoisotopic (exact) mass is 194 g/mol. The Kier molecular flexibility index (Phi) is 2.46. The molecule has 1 aromatic rings. The summed E-state index contributed by atoms with van der Waals surface area (Å²) in [7, 11) is 0. The Morgan fingerprint density at radius 2 is 2.45 bits per heavy atom. The van der Waals surface area contributed by atoms with Crippen molar-refractivity contribution in [2.24, 2.45) is 0 Å². The van der Waals surface area contributed by atoms with Crippen molar-refractivity contribution < 1.29 is 14.3 Å². The zero-order valence-corrected chi connectivity index (χ0v) is 6.82. The molecule has 1 N–H and O–H groups in total. The summed E-state index contributed by atoms with van der Waals surface area (Å²) < 4.78 is 12.7. The molecule has 1 heterocycles. The third-order valence-electron chi connectivity index (χ3n) is 1.09. The highest BCUT2D eigenvalue weighted by molar-refractivity contribution is 7.10. The fourth-order valence-corrected chi connectivity index (χ4v) is 1.72. The van der Waals surface area contributed by atoms with Gasteiger partial charge < -0.3 is 5.11 Å². The van der Waals surface area contributed by atoms with E-state index in [1.807, 2.05) is 0 Å². The van der Waals surface area contributed by atoms with Gasteiger partial charge in [0.2, 0.25) is 6.17 Å². The smallest absolute Gasteiger partial charge is 0.343 e. The largest absolute Gasteiger partial charge is 0.479 e. The Hall–Kier alpha value is -0.610. The first-order valence-electron chi connectivity index (χ1n) is 2.72. The molecule has 1 atom stereocenters. The molecule has 0 aliphatic rings. The van der Waals surface area contributed by atoms with E-state index in [2.05, 4.69) is 0 Å². The molecule has 0 amide bonds. The molecule has 1 aromatic heterocycles. The van der Waals surface area contributed by atoms with E-state index >= 15 is 0 Å². The zero-order chi connectivity index (χ0) is 8.43. The topological polar surface area (TPSA) is 37.3 Å². The molecular weight excluding hydrogens is 191 g/mol. The van der Waals surface area contributed by atoms with E-state index in [-0.39, 0.29) is 9.90 Å². The number of rotatable bonds is 2. The Bertz CT molecular complexity index is 273. The number of carboxylic acids is 1. The molecule has 0 aromatic carbocycles. The van der Waals surface area contributed by atoms with Crippen molar-refractivity contribution in [3.05, 3.63) is 21.3 Å². The normalized spacial score (nSPS) is 12.9. The first-order valence-corrected chi connectivity index (χ1v) is 3.98. The van der Waals surface area contributed by atoms with Gasteiger partial charge in [0, 0.05) is 0 Å². The lowest BCUT2D eigenvalue weighted by Crippen LogP contribution is -2.04. The minimum atomic E-state index is -2.00. The number of alkyl halides is 1. The van der Waals surface area contributed by atoms with Crippen LogP contribution in [-0.4, -0.2) is 11.1 Å². The molecule has 0 saturated heterocycles. The maximum Gasteiger partial charge on any atom is 0.343 e. The Morgan fingerprint density at radius 1 is 1.82 bits per heavy atom. The Labute approximate surface area is 71.2 Å². The van der Waals surface area contributed by atoms with Crippen LogP contribution in [0.3, 0.4) is 0 Å². The van der Waals surface area contributed by atoms with E-state index in [0.717, 1.165) is 11.3 Å². The molecule has 0 fully saturated rings. The minimum Gasteiger partial charge on any atom is -0.479 e. The van der Waals surface area contributed by atoms with Gasteiger partial charge in [-0.2, -0.15) is 0 Å². The lowest BCUT2D eigenvalue weighted by atomic mass is 10.3. The number of carbonyl (C=O) groups is 1. The Balaban J connectivity index is 2.92. The van der Waals surface area contributed by atoms with Gasteiger partial charge >= 0.3 is 5.97 Å². The molecule has 1 unspecified atom stereocenters. The molecule has 0 bridgehead atoms. The fourth-order valence-electron chi connectivity index (χ4n) is 0.598. The molecular formula is C6H4ClFO2S. The summed E-state index contributed by atoms with van der Waals surface area (Å²) in [6.45, 7) is 0. The van der Waals surface area contributed by atoms with Crippen molar-refractivity contribution in [2.75, 3.05) is 0 Å². The molecule has 2 nitrogen and oxygen atoms in total. The van der Waals surface area contributed by atoms with Crippen molar-refractivity contribution in [3.63, 3.8) is 0 Å². The van der Waals surface area contributed by atoms with Crippen molar-refractivity contribution in [1.82, 2.24) is 0 Å². The average Bonchev–Trinajstić information content (AvgIpc) is 2.33. The third kappa shape index (κ3) is 1.70. The van der Waals surface area contributed by atoms with Crippen LogP contribution < -0.4 is 0 Å². The summed E-state index contributed by atoms with van der Waals surface area (Å²) in [6.07, 6.45) is -2.00. The van der Waals surface area contributed by atoms with Crippen LogP contribution in [0.15, 0.2) is 11.4 Å². The lowest BCUT2D eigenvalue weighted by molar-refractivity contribution is -0.142. The molecule has 11 heavy (non-hydrogen) atoms. The first-order chi connectivity index (χ1) is 5.13. The molecule has 5 heteroatoms. The van der Waals surface area contributed by atoms with Crippen molar-refractivity contribution in [2.45, 2.75) is 6.17 Å². The van der Waals surface area contributed by atoms with Crippen molar-refractivity contribution in [1.29, 1.82) is 0 Å². The highest BCUT2D eigenvalue weighted by Gasteiger charge is 2.22. The predicted molar refractivity (Wildman–Crippen MR) is 40.8 cm³/mol. The Morgan fingerprint density at radius 3 is 2.82 bits per heavy atom. The molecule has 0 radical (unpaired) electrons. The SMILES string of the molecule is O=C(O)C(F)c1sccc1Cl. The number of halogens is 2. The van der Waals surface area contributed by atoms with Gasteiger partial charge in [0.05, 0.1) is 9.90 Å². The van der Waals surface area contributed by atoms with Gasteiger partial charge in [0.25, 0.3) is 0 Å². The zero-order valence-electron chi connectivity index (χ0n) is 5.25. The summed E-state index contributed by atoms with van der Waals surface area (Å²) >= 11 is 6.48. The van der Waals surface area contributed by atoms with Crippen molar-refractivity contribution >= 4 is 28.9 Å². The predicted octanol–water partition coefficient (Wildman–Crippen LogP) is 2.50. The fraction of sp³-hybridized carbons (Fsp3) is 0.167.